The fourth-order valence-electron chi connectivity index (χ4n) is 1.03. The van der Waals surface area contributed by atoms with E-state index in [4.69, 9.17) is 0 Å². The Balaban J connectivity index is 2.69. The van der Waals surface area contributed by atoms with E-state index < -0.39 is 0 Å². The maximum atomic E-state index is 2.35. The summed E-state index contributed by atoms with van der Waals surface area (Å²) < 4.78 is 0. The van der Waals surface area contributed by atoms with E-state index >= 15 is 0 Å². The van der Waals surface area contributed by atoms with Gasteiger partial charge in [0, 0.05) is 5.75 Å². The molecule has 0 bridgehead atoms. The van der Waals surface area contributed by atoms with Crippen LogP contribution in [0, 0.1) is 5.75 Å². The van der Waals surface area contributed by atoms with E-state index in [-0.39, 0.29) is 0 Å². The molecule has 0 saturated carbocycles. The predicted octanol–water partition coefficient (Wildman–Crippen LogP) is 4.26. The summed E-state index contributed by atoms with van der Waals surface area (Å²) in [6.07, 6.45) is 8.33. The fourth-order valence-corrected chi connectivity index (χ4v) is 1.60. The van der Waals surface area contributed by atoms with Gasteiger partial charge < -0.3 is 0 Å². The highest BCUT2D eigenvalue weighted by Gasteiger charge is 1.89. The predicted molar refractivity (Wildman–Crippen MR) is 55.8 cm³/mol. The highest BCUT2D eigenvalue weighted by Crippen LogP contribution is 2.12. The molecule has 0 saturated heterocycles. The van der Waals surface area contributed by atoms with Crippen LogP contribution in [0.5, 0.6) is 0 Å². The molecule has 11 heavy (non-hydrogen) atoms. The Bertz CT molecular complexity index is 53.9. The highest BCUT2D eigenvalue weighted by molar-refractivity contribution is 8.01. The average Bonchev–Trinajstić information content (AvgIpc) is 2.03. The molecule has 0 aromatic heterocycles. The van der Waals surface area contributed by atoms with Gasteiger partial charge in [-0.05, 0) is 12.2 Å². The van der Waals surface area contributed by atoms with E-state index in [0.717, 1.165) is 0 Å². The smallest absolute Gasteiger partial charge is 0.0166 e. The number of thioether (sulfide) groups is 1. The molecule has 1 heteroatoms. The topological polar surface area (TPSA) is 0 Å². The second-order valence-electron chi connectivity index (χ2n) is 2.82. The first kappa shape index (κ1) is 11.4. The third-order valence-corrected chi connectivity index (χ3v) is 2.51. The SMILES string of the molecule is CCCCCCC[CH]SCC. The van der Waals surface area contributed by atoms with Gasteiger partial charge in [-0.1, -0.05) is 46.0 Å². The summed E-state index contributed by atoms with van der Waals surface area (Å²) >= 11 is 1.95. The van der Waals surface area contributed by atoms with Crippen LogP contribution < -0.4 is 0 Å². The van der Waals surface area contributed by atoms with Gasteiger partial charge in [0.25, 0.3) is 0 Å². The highest BCUT2D eigenvalue weighted by atomic mass is 32.2. The molecule has 0 fully saturated rings. The Morgan fingerprint density at radius 3 is 2.36 bits per heavy atom. The molecule has 0 atom stereocenters. The van der Waals surface area contributed by atoms with Crippen LogP contribution in [0.25, 0.3) is 0 Å². The Morgan fingerprint density at radius 1 is 1.00 bits per heavy atom. The summed E-state index contributed by atoms with van der Waals surface area (Å²) in [7, 11) is 0. The van der Waals surface area contributed by atoms with Crippen LogP contribution in [0.2, 0.25) is 0 Å². The van der Waals surface area contributed by atoms with Gasteiger partial charge in [-0.3, -0.25) is 0 Å². The van der Waals surface area contributed by atoms with Crippen LogP contribution in [0.4, 0.5) is 0 Å². The molecule has 1 radical (unpaired) electrons. The molecule has 0 spiro atoms. The summed E-state index contributed by atoms with van der Waals surface area (Å²) in [5.41, 5.74) is 0. The lowest BCUT2D eigenvalue weighted by molar-refractivity contribution is 0.635. The van der Waals surface area contributed by atoms with Crippen LogP contribution in [-0.2, 0) is 0 Å². The van der Waals surface area contributed by atoms with Gasteiger partial charge in [-0.15, -0.1) is 0 Å². The minimum Gasteiger partial charge on any atom is -0.158 e. The van der Waals surface area contributed by atoms with Crippen molar-refractivity contribution >= 4 is 11.8 Å². The molecule has 0 aliphatic rings. The van der Waals surface area contributed by atoms with E-state index in [1.807, 2.05) is 11.8 Å². The van der Waals surface area contributed by atoms with Gasteiger partial charge in [0.2, 0.25) is 0 Å². The largest absolute Gasteiger partial charge is 0.158 e. The third kappa shape index (κ3) is 10.4. The zero-order valence-electron chi connectivity index (χ0n) is 7.94. The maximum absolute atomic E-state index is 2.35. The molecular weight excluding hydrogens is 152 g/mol. The zero-order valence-corrected chi connectivity index (χ0v) is 8.75. The standard InChI is InChI=1S/C10H21S/c1-3-5-6-7-8-9-10-11-4-2/h10H,3-9H2,1-2H3. The first-order chi connectivity index (χ1) is 5.41. The summed E-state index contributed by atoms with van der Waals surface area (Å²) in [6.45, 7) is 4.47. The first-order valence-electron chi connectivity index (χ1n) is 4.85. The molecule has 0 aliphatic carbocycles. The zero-order chi connectivity index (χ0) is 8.36. The molecule has 0 aliphatic heterocycles. The van der Waals surface area contributed by atoms with Crippen molar-refractivity contribution < 1.29 is 0 Å². The van der Waals surface area contributed by atoms with Crippen molar-refractivity contribution in [1.82, 2.24) is 0 Å². The van der Waals surface area contributed by atoms with Gasteiger partial charge in [0.15, 0.2) is 0 Å². The van der Waals surface area contributed by atoms with Crippen molar-refractivity contribution in [2.45, 2.75) is 52.4 Å². The van der Waals surface area contributed by atoms with Gasteiger partial charge >= 0.3 is 0 Å². The molecular formula is C10H21S. The van der Waals surface area contributed by atoms with Gasteiger partial charge in [0.05, 0.1) is 0 Å². The Kier molecular flexibility index (Phi) is 10.7. The molecule has 0 nitrogen and oxygen atoms in total. The summed E-state index contributed by atoms with van der Waals surface area (Å²) in [6, 6.07) is 0. The number of rotatable bonds is 8. The Hall–Kier alpha value is 0.350. The Labute approximate surface area is 76.1 Å². The van der Waals surface area contributed by atoms with Crippen molar-refractivity contribution in [3.05, 3.63) is 5.75 Å². The van der Waals surface area contributed by atoms with E-state index in [9.17, 15) is 0 Å². The van der Waals surface area contributed by atoms with Crippen LogP contribution in [0.15, 0.2) is 0 Å². The van der Waals surface area contributed by atoms with E-state index in [1.54, 1.807) is 0 Å². The van der Waals surface area contributed by atoms with E-state index in [0.29, 0.717) is 0 Å². The normalized spacial score (nSPS) is 10.4. The van der Waals surface area contributed by atoms with Crippen molar-refractivity contribution in [2.75, 3.05) is 5.75 Å². The monoisotopic (exact) mass is 173 g/mol. The van der Waals surface area contributed by atoms with E-state index in [1.165, 1.54) is 44.3 Å². The van der Waals surface area contributed by atoms with Crippen LogP contribution >= 0.6 is 11.8 Å². The van der Waals surface area contributed by atoms with Gasteiger partial charge in [-0.25, -0.2) is 0 Å². The second kappa shape index (κ2) is 10.3. The summed E-state index contributed by atoms with van der Waals surface area (Å²) in [5.74, 6) is 3.58. The lowest BCUT2D eigenvalue weighted by Crippen LogP contribution is -1.78. The van der Waals surface area contributed by atoms with Crippen molar-refractivity contribution in [2.24, 2.45) is 0 Å². The summed E-state index contributed by atoms with van der Waals surface area (Å²) in [5, 5.41) is 0. The minimum absolute atomic E-state index is 1.23. The fraction of sp³-hybridized carbons (Fsp3) is 0.900. The molecule has 0 aromatic rings. The van der Waals surface area contributed by atoms with Crippen molar-refractivity contribution in [1.29, 1.82) is 0 Å². The molecule has 0 aromatic carbocycles. The lowest BCUT2D eigenvalue weighted by atomic mass is 10.1. The first-order valence-corrected chi connectivity index (χ1v) is 5.90. The number of hydrogen-bond acceptors (Lipinski definition) is 1. The molecule has 0 rings (SSSR count). The molecule has 67 valence electrons. The molecule has 0 amide bonds. The molecule has 0 N–H and O–H groups in total. The van der Waals surface area contributed by atoms with Crippen molar-refractivity contribution in [3.63, 3.8) is 0 Å². The quantitative estimate of drug-likeness (QED) is 0.494. The van der Waals surface area contributed by atoms with Crippen LogP contribution in [-0.4, -0.2) is 5.75 Å². The van der Waals surface area contributed by atoms with Gasteiger partial charge in [-0.2, -0.15) is 11.8 Å². The average molecular weight is 173 g/mol. The Morgan fingerprint density at radius 2 is 1.73 bits per heavy atom. The second-order valence-corrected chi connectivity index (χ2v) is 4.07. The lowest BCUT2D eigenvalue weighted by Gasteiger charge is -1.98. The number of unbranched alkanes of at least 4 members (excludes halogenated alkanes) is 5. The van der Waals surface area contributed by atoms with Crippen LogP contribution in [0.1, 0.15) is 52.4 Å². The van der Waals surface area contributed by atoms with Gasteiger partial charge in [0.1, 0.15) is 0 Å². The van der Waals surface area contributed by atoms with Crippen molar-refractivity contribution in [3.8, 4) is 0 Å². The number of hydrogen-bond donors (Lipinski definition) is 0. The van der Waals surface area contributed by atoms with Crippen LogP contribution in [0.3, 0.4) is 0 Å². The minimum atomic E-state index is 1.23. The maximum Gasteiger partial charge on any atom is 0.0166 e. The molecule has 0 heterocycles. The third-order valence-electron chi connectivity index (χ3n) is 1.71. The van der Waals surface area contributed by atoms with E-state index in [2.05, 4.69) is 19.6 Å². The summed E-state index contributed by atoms with van der Waals surface area (Å²) in [4.78, 5) is 0. The molecule has 0 unspecified atom stereocenters.